The van der Waals surface area contributed by atoms with Crippen LogP contribution in [0.4, 0.5) is 0 Å². The van der Waals surface area contributed by atoms with Crippen LogP contribution in [-0.2, 0) is 11.3 Å². The quantitative estimate of drug-likeness (QED) is 0.878. The number of nitrogens with two attached hydrogens (primary N) is 1. The summed E-state index contributed by atoms with van der Waals surface area (Å²) in [6, 6.07) is 5.09. The maximum absolute atomic E-state index is 12.7. The molecule has 1 saturated heterocycles. The molecule has 0 aliphatic carbocycles. The molecule has 0 aromatic carbocycles. The number of pyridine rings is 1. The standard InChI is InChI=1S/C17H18N6O2/c18-8-14-4-3-12(9-21-14)17(25)23-6-1-2-13(10-23)16-20-5-7-22(16)11-15(19)24/h3-5,7,9,13H,1-2,6,10-11H2,(H2,19,24). The van der Waals surface area contributed by atoms with Crippen molar-refractivity contribution < 1.29 is 9.59 Å². The predicted octanol–water partition coefficient (Wildman–Crippen LogP) is 0.655. The fourth-order valence-corrected chi connectivity index (χ4v) is 3.12. The van der Waals surface area contributed by atoms with Gasteiger partial charge in [-0.15, -0.1) is 0 Å². The zero-order valence-corrected chi connectivity index (χ0v) is 13.6. The van der Waals surface area contributed by atoms with Gasteiger partial charge in [-0.25, -0.2) is 9.97 Å². The van der Waals surface area contributed by atoms with Gasteiger partial charge in [-0.3, -0.25) is 9.59 Å². The number of imidazole rings is 1. The summed E-state index contributed by atoms with van der Waals surface area (Å²) in [5, 5.41) is 8.79. The molecule has 8 heteroatoms. The molecule has 1 unspecified atom stereocenters. The van der Waals surface area contributed by atoms with E-state index < -0.39 is 5.91 Å². The second-order valence-electron chi connectivity index (χ2n) is 6.01. The average Bonchev–Trinajstić information content (AvgIpc) is 3.08. The van der Waals surface area contributed by atoms with Gasteiger partial charge < -0.3 is 15.2 Å². The lowest BCUT2D eigenvalue weighted by Gasteiger charge is -2.32. The summed E-state index contributed by atoms with van der Waals surface area (Å²) >= 11 is 0. The third-order valence-corrected chi connectivity index (χ3v) is 4.27. The molecule has 0 spiro atoms. The molecular weight excluding hydrogens is 320 g/mol. The minimum absolute atomic E-state index is 0.0541. The summed E-state index contributed by atoms with van der Waals surface area (Å²) in [6.07, 6.45) is 6.54. The second kappa shape index (κ2) is 7.13. The summed E-state index contributed by atoms with van der Waals surface area (Å²) in [4.78, 5) is 33.9. The molecule has 1 aliphatic heterocycles. The number of hydrogen-bond donors (Lipinski definition) is 1. The number of nitrogens with zero attached hydrogens (tertiary/aromatic N) is 5. The molecule has 0 radical (unpaired) electrons. The van der Waals surface area contributed by atoms with Gasteiger partial charge in [0.15, 0.2) is 0 Å². The summed E-state index contributed by atoms with van der Waals surface area (Å²) in [7, 11) is 0. The lowest BCUT2D eigenvalue weighted by atomic mass is 9.96. The van der Waals surface area contributed by atoms with E-state index in [1.165, 1.54) is 12.3 Å². The van der Waals surface area contributed by atoms with Crippen LogP contribution in [0.5, 0.6) is 0 Å². The van der Waals surface area contributed by atoms with Crippen molar-refractivity contribution in [3.8, 4) is 6.07 Å². The number of nitriles is 1. The Bertz CT molecular complexity index is 820. The summed E-state index contributed by atoms with van der Waals surface area (Å²) in [6.45, 7) is 1.26. The minimum atomic E-state index is -0.424. The van der Waals surface area contributed by atoms with Crippen LogP contribution < -0.4 is 5.73 Å². The first-order chi connectivity index (χ1) is 12.1. The van der Waals surface area contributed by atoms with Crippen molar-refractivity contribution in [2.24, 2.45) is 5.73 Å². The Hall–Kier alpha value is -3.21. The lowest BCUT2D eigenvalue weighted by Crippen LogP contribution is -2.40. The molecule has 2 amide bonds. The SMILES string of the molecule is N#Cc1ccc(C(=O)N2CCCC(c3nccn3CC(N)=O)C2)cn1. The zero-order chi connectivity index (χ0) is 17.8. The van der Waals surface area contributed by atoms with Crippen molar-refractivity contribution in [3.05, 3.63) is 47.8 Å². The minimum Gasteiger partial charge on any atom is -0.368 e. The van der Waals surface area contributed by atoms with E-state index in [-0.39, 0.29) is 24.1 Å². The van der Waals surface area contributed by atoms with Gasteiger partial charge in [0.1, 0.15) is 24.1 Å². The lowest BCUT2D eigenvalue weighted by molar-refractivity contribution is -0.118. The molecule has 128 valence electrons. The van der Waals surface area contributed by atoms with Crippen molar-refractivity contribution in [2.45, 2.75) is 25.3 Å². The van der Waals surface area contributed by atoms with Crippen LogP contribution in [0.15, 0.2) is 30.7 Å². The Morgan fingerprint density at radius 2 is 2.20 bits per heavy atom. The van der Waals surface area contributed by atoms with Gasteiger partial charge in [-0.1, -0.05) is 0 Å². The molecule has 1 fully saturated rings. The van der Waals surface area contributed by atoms with Crippen LogP contribution in [-0.4, -0.2) is 44.3 Å². The zero-order valence-electron chi connectivity index (χ0n) is 13.6. The number of likely N-dealkylation sites (tertiary alicyclic amines) is 1. The van der Waals surface area contributed by atoms with Crippen molar-refractivity contribution in [1.82, 2.24) is 19.4 Å². The third kappa shape index (κ3) is 3.66. The Morgan fingerprint density at radius 3 is 2.88 bits per heavy atom. The number of amides is 2. The van der Waals surface area contributed by atoms with E-state index in [0.29, 0.717) is 18.7 Å². The van der Waals surface area contributed by atoms with E-state index in [0.717, 1.165) is 18.7 Å². The number of carbonyl (C=O) groups excluding carboxylic acids is 2. The highest BCUT2D eigenvalue weighted by atomic mass is 16.2. The number of carbonyl (C=O) groups is 2. The fourth-order valence-electron chi connectivity index (χ4n) is 3.12. The van der Waals surface area contributed by atoms with E-state index in [9.17, 15) is 9.59 Å². The Morgan fingerprint density at radius 1 is 1.36 bits per heavy atom. The molecule has 3 rings (SSSR count). The van der Waals surface area contributed by atoms with E-state index in [2.05, 4.69) is 9.97 Å². The maximum Gasteiger partial charge on any atom is 0.255 e. The molecular formula is C17H18N6O2. The highest BCUT2D eigenvalue weighted by molar-refractivity contribution is 5.94. The number of rotatable bonds is 4. The van der Waals surface area contributed by atoms with Gasteiger partial charge in [0.25, 0.3) is 5.91 Å². The number of primary amides is 1. The molecule has 1 aliphatic rings. The van der Waals surface area contributed by atoms with E-state index in [4.69, 9.17) is 11.0 Å². The van der Waals surface area contributed by atoms with Crippen LogP contribution in [0.1, 0.15) is 40.6 Å². The highest BCUT2D eigenvalue weighted by Crippen LogP contribution is 2.26. The monoisotopic (exact) mass is 338 g/mol. The molecule has 0 saturated carbocycles. The molecule has 1 atom stereocenters. The second-order valence-corrected chi connectivity index (χ2v) is 6.01. The van der Waals surface area contributed by atoms with Crippen molar-refractivity contribution in [2.75, 3.05) is 13.1 Å². The number of hydrogen-bond acceptors (Lipinski definition) is 5. The predicted molar refractivity (Wildman–Crippen MR) is 88.3 cm³/mol. The molecule has 25 heavy (non-hydrogen) atoms. The first kappa shape index (κ1) is 16.6. The van der Waals surface area contributed by atoms with E-state index >= 15 is 0 Å². The first-order valence-electron chi connectivity index (χ1n) is 8.03. The van der Waals surface area contributed by atoms with Crippen LogP contribution in [0, 0.1) is 11.3 Å². The van der Waals surface area contributed by atoms with E-state index in [1.54, 1.807) is 27.9 Å². The van der Waals surface area contributed by atoms with E-state index in [1.807, 2.05) is 6.07 Å². The van der Waals surface area contributed by atoms with Gasteiger partial charge in [0.2, 0.25) is 5.91 Å². The Kier molecular flexibility index (Phi) is 4.75. The van der Waals surface area contributed by atoms with Crippen LogP contribution in [0.2, 0.25) is 0 Å². The van der Waals surface area contributed by atoms with Gasteiger partial charge >= 0.3 is 0 Å². The molecule has 3 heterocycles. The summed E-state index contributed by atoms with van der Waals surface area (Å²) < 4.78 is 1.74. The fraction of sp³-hybridized carbons (Fsp3) is 0.353. The van der Waals surface area contributed by atoms with Gasteiger partial charge in [0.05, 0.1) is 5.56 Å². The van der Waals surface area contributed by atoms with Gasteiger partial charge in [-0.2, -0.15) is 5.26 Å². The molecule has 8 nitrogen and oxygen atoms in total. The molecule has 2 aromatic rings. The van der Waals surface area contributed by atoms with Crippen LogP contribution in [0.25, 0.3) is 0 Å². The molecule has 2 N–H and O–H groups in total. The van der Waals surface area contributed by atoms with Crippen molar-refractivity contribution >= 4 is 11.8 Å². The average molecular weight is 338 g/mol. The van der Waals surface area contributed by atoms with Gasteiger partial charge in [0, 0.05) is 37.6 Å². The molecule has 0 bridgehead atoms. The third-order valence-electron chi connectivity index (χ3n) is 4.27. The van der Waals surface area contributed by atoms with Crippen molar-refractivity contribution in [3.63, 3.8) is 0 Å². The largest absolute Gasteiger partial charge is 0.368 e. The Labute approximate surface area is 144 Å². The normalized spacial score (nSPS) is 17.1. The topological polar surface area (TPSA) is 118 Å². The highest BCUT2D eigenvalue weighted by Gasteiger charge is 2.28. The van der Waals surface area contributed by atoms with Gasteiger partial charge in [-0.05, 0) is 25.0 Å². The maximum atomic E-state index is 12.7. The first-order valence-corrected chi connectivity index (χ1v) is 8.03. The van der Waals surface area contributed by atoms with Crippen molar-refractivity contribution in [1.29, 1.82) is 5.26 Å². The smallest absolute Gasteiger partial charge is 0.255 e. The Balaban J connectivity index is 1.74. The molecule has 2 aromatic heterocycles. The number of aromatic nitrogens is 3. The van der Waals surface area contributed by atoms with Crippen LogP contribution in [0.3, 0.4) is 0 Å². The summed E-state index contributed by atoms with van der Waals surface area (Å²) in [5.41, 5.74) is 6.01. The number of piperidine rings is 1. The summed E-state index contributed by atoms with van der Waals surface area (Å²) in [5.74, 6) is 0.286. The van der Waals surface area contributed by atoms with Crippen LogP contribution >= 0.6 is 0 Å².